The van der Waals surface area contributed by atoms with Crippen LogP contribution in [0.25, 0.3) is 0 Å². The zero-order valence-corrected chi connectivity index (χ0v) is 12.8. The molecule has 0 radical (unpaired) electrons. The monoisotopic (exact) mass is 334 g/mol. The number of hydrogen-bond donors (Lipinski definition) is 0. The molecule has 0 aromatic carbocycles. The van der Waals surface area contributed by atoms with E-state index in [2.05, 4.69) is 5.10 Å². The van der Waals surface area contributed by atoms with Crippen LogP contribution in [0.3, 0.4) is 0 Å². The molecule has 1 aromatic heterocycles. The third-order valence-electron chi connectivity index (χ3n) is 4.70. The average molecular weight is 334 g/mol. The van der Waals surface area contributed by atoms with E-state index in [0.29, 0.717) is 17.5 Å². The molecule has 0 bridgehead atoms. The standard InChI is InChI=1S/C13H13F3N2OS2/c1-6-7-8-10(13(14,15)16)17-18(2-3-19)11(8)12(9(6)7)20-4-5-21-12/h3,6-7,9H,2,4-5H2,1H3. The van der Waals surface area contributed by atoms with Crippen LogP contribution in [0.1, 0.15) is 29.8 Å². The van der Waals surface area contributed by atoms with E-state index in [1.54, 1.807) is 23.5 Å². The lowest BCUT2D eigenvalue weighted by Gasteiger charge is -2.26. The highest BCUT2D eigenvalue weighted by Gasteiger charge is 2.71. The summed E-state index contributed by atoms with van der Waals surface area (Å²) < 4.78 is 40.9. The van der Waals surface area contributed by atoms with Gasteiger partial charge in [0.05, 0.1) is 12.2 Å². The number of fused-ring (bicyclic) bond motifs is 5. The second-order valence-corrected chi connectivity index (χ2v) is 8.67. The van der Waals surface area contributed by atoms with E-state index in [9.17, 15) is 18.0 Å². The quantitative estimate of drug-likeness (QED) is 0.779. The highest BCUT2D eigenvalue weighted by Crippen LogP contribution is 2.78. The molecule has 1 spiro atoms. The van der Waals surface area contributed by atoms with Crippen LogP contribution in [0.5, 0.6) is 0 Å². The molecule has 3 aliphatic rings. The van der Waals surface area contributed by atoms with Crippen LogP contribution in [0.2, 0.25) is 0 Å². The topological polar surface area (TPSA) is 34.9 Å². The molecule has 1 saturated heterocycles. The summed E-state index contributed by atoms with van der Waals surface area (Å²) in [7, 11) is 0. The minimum atomic E-state index is -4.45. The van der Waals surface area contributed by atoms with Crippen molar-refractivity contribution in [1.29, 1.82) is 0 Å². The Morgan fingerprint density at radius 2 is 2.10 bits per heavy atom. The van der Waals surface area contributed by atoms with Crippen LogP contribution in [0.15, 0.2) is 0 Å². The van der Waals surface area contributed by atoms with Crippen molar-refractivity contribution in [3.63, 3.8) is 0 Å². The van der Waals surface area contributed by atoms with Crippen molar-refractivity contribution in [1.82, 2.24) is 9.78 Å². The fourth-order valence-electron chi connectivity index (χ4n) is 3.97. The molecule has 21 heavy (non-hydrogen) atoms. The van der Waals surface area contributed by atoms with E-state index < -0.39 is 11.9 Å². The zero-order valence-electron chi connectivity index (χ0n) is 11.2. The fourth-order valence-corrected chi connectivity index (χ4v) is 7.89. The van der Waals surface area contributed by atoms with Crippen LogP contribution in [0.4, 0.5) is 13.2 Å². The maximum atomic E-state index is 13.3. The summed E-state index contributed by atoms with van der Waals surface area (Å²) in [6.45, 7) is 1.92. The number of hydrogen-bond acceptors (Lipinski definition) is 4. The molecule has 2 heterocycles. The van der Waals surface area contributed by atoms with Gasteiger partial charge in [0.1, 0.15) is 10.4 Å². The number of nitrogens with zero attached hydrogens (tertiary/aromatic N) is 2. The van der Waals surface area contributed by atoms with Crippen molar-refractivity contribution < 1.29 is 18.0 Å². The third kappa shape index (κ3) is 1.66. The molecule has 4 rings (SSSR count). The van der Waals surface area contributed by atoms with Gasteiger partial charge in [-0.15, -0.1) is 23.5 Å². The smallest absolute Gasteiger partial charge is 0.301 e. The molecule has 3 nitrogen and oxygen atoms in total. The SMILES string of the molecule is CC1C2c3c(C(F)(F)F)nn(CC=O)c3C3(SCCS3)C12. The van der Waals surface area contributed by atoms with Crippen molar-refractivity contribution in [3.8, 4) is 0 Å². The summed E-state index contributed by atoms with van der Waals surface area (Å²) in [4.78, 5) is 10.8. The molecular formula is C13H13F3N2OS2. The predicted molar refractivity (Wildman–Crippen MR) is 75.3 cm³/mol. The first-order valence-electron chi connectivity index (χ1n) is 6.81. The summed E-state index contributed by atoms with van der Waals surface area (Å²) in [6, 6.07) is 0. The Balaban J connectivity index is 1.95. The largest absolute Gasteiger partial charge is 0.435 e. The van der Waals surface area contributed by atoms with Crippen molar-refractivity contribution in [3.05, 3.63) is 17.0 Å². The lowest BCUT2D eigenvalue weighted by atomic mass is 10.1. The molecular weight excluding hydrogens is 321 g/mol. The first kappa shape index (κ1) is 14.0. The van der Waals surface area contributed by atoms with E-state index in [-0.39, 0.29) is 28.4 Å². The number of alkyl halides is 3. The summed E-state index contributed by atoms with van der Waals surface area (Å²) in [6.07, 6.45) is -3.83. The van der Waals surface area contributed by atoms with Gasteiger partial charge >= 0.3 is 6.18 Å². The van der Waals surface area contributed by atoms with Gasteiger partial charge in [0.15, 0.2) is 5.69 Å². The maximum Gasteiger partial charge on any atom is 0.435 e. The molecule has 0 amide bonds. The summed E-state index contributed by atoms with van der Waals surface area (Å²) in [5.74, 6) is 2.35. The molecule has 1 aliphatic heterocycles. The van der Waals surface area contributed by atoms with Crippen molar-refractivity contribution in [2.24, 2.45) is 11.8 Å². The molecule has 3 unspecified atom stereocenters. The summed E-state index contributed by atoms with van der Waals surface area (Å²) >= 11 is 3.46. The lowest BCUT2D eigenvalue weighted by Crippen LogP contribution is -2.22. The molecule has 3 atom stereocenters. The molecule has 1 aromatic rings. The maximum absolute atomic E-state index is 13.3. The van der Waals surface area contributed by atoms with Crippen LogP contribution >= 0.6 is 23.5 Å². The van der Waals surface area contributed by atoms with E-state index in [0.717, 1.165) is 11.5 Å². The molecule has 1 saturated carbocycles. The van der Waals surface area contributed by atoms with Crippen molar-refractivity contribution in [2.75, 3.05) is 11.5 Å². The molecule has 8 heteroatoms. The van der Waals surface area contributed by atoms with Gasteiger partial charge in [-0.05, 0) is 17.8 Å². The normalized spacial score (nSPS) is 32.3. The molecule has 114 valence electrons. The first-order valence-corrected chi connectivity index (χ1v) is 8.79. The fraction of sp³-hybridized carbons (Fsp3) is 0.692. The Hall–Kier alpha value is -0.630. The minimum absolute atomic E-state index is 0.0462. The number of aldehydes is 1. The van der Waals surface area contributed by atoms with E-state index in [1.807, 2.05) is 6.92 Å². The number of rotatable bonds is 2. The van der Waals surface area contributed by atoms with Gasteiger partial charge in [-0.1, -0.05) is 6.92 Å². The van der Waals surface area contributed by atoms with E-state index >= 15 is 0 Å². The molecule has 2 aliphatic carbocycles. The van der Waals surface area contributed by atoms with Crippen LogP contribution in [0, 0.1) is 11.8 Å². The zero-order chi connectivity index (χ0) is 15.0. The van der Waals surface area contributed by atoms with Gasteiger partial charge in [-0.3, -0.25) is 4.68 Å². The number of carbonyl (C=O) groups is 1. The van der Waals surface area contributed by atoms with E-state index in [1.165, 1.54) is 4.68 Å². The Kier molecular flexibility index (Phi) is 2.81. The van der Waals surface area contributed by atoms with Gasteiger partial charge in [0, 0.05) is 17.1 Å². The number of carbonyl (C=O) groups excluding carboxylic acids is 1. The van der Waals surface area contributed by atoms with Crippen LogP contribution in [-0.2, 0) is 21.6 Å². The summed E-state index contributed by atoms with van der Waals surface area (Å²) in [5.41, 5.74) is 0.245. The number of halogens is 3. The highest BCUT2D eigenvalue weighted by atomic mass is 32.2. The van der Waals surface area contributed by atoms with Crippen LogP contribution in [-0.4, -0.2) is 27.6 Å². The predicted octanol–water partition coefficient (Wildman–Crippen LogP) is 3.10. The highest BCUT2D eigenvalue weighted by molar-refractivity contribution is 8.20. The Labute approximate surface area is 128 Å². The number of aromatic nitrogens is 2. The Morgan fingerprint density at radius 3 is 2.67 bits per heavy atom. The van der Waals surface area contributed by atoms with Gasteiger partial charge in [0.25, 0.3) is 0 Å². The second-order valence-electron chi connectivity index (χ2n) is 5.73. The Bertz CT molecular complexity index is 622. The van der Waals surface area contributed by atoms with Gasteiger partial charge in [-0.2, -0.15) is 18.3 Å². The van der Waals surface area contributed by atoms with Crippen molar-refractivity contribution >= 4 is 29.8 Å². The van der Waals surface area contributed by atoms with Gasteiger partial charge < -0.3 is 4.79 Å². The summed E-state index contributed by atoms with van der Waals surface area (Å²) in [5, 5.41) is 3.76. The molecule has 2 fully saturated rings. The Morgan fingerprint density at radius 1 is 1.43 bits per heavy atom. The molecule has 0 N–H and O–H groups in total. The minimum Gasteiger partial charge on any atom is -0.301 e. The van der Waals surface area contributed by atoms with Crippen molar-refractivity contribution in [2.45, 2.75) is 29.6 Å². The lowest BCUT2D eigenvalue weighted by molar-refractivity contribution is -0.142. The average Bonchev–Trinajstić information content (AvgIpc) is 2.83. The van der Waals surface area contributed by atoms with E-state index in [4.69, 9.17) is 0 Å². The third-order valence-corrected chi connectivity index (χ3v) is 8.27. The van der Waals surface area contributed by atoms with Crippen LogP contribution < -0.4 is 0 Å². The number of thioether (sulfide) groups is 2. The van der Waals surface area contributed by atoms with Gasteiger partial charge in [-0.25, -0.2) is 0 Å². The van der Waals surface area contributed by atoms with Gasteiger partial charge in [0.2, 0.25) is 0 Å². The second kappa shape index (κ2) is 4.22. The first-order chi connectivity index (χ1) is 9.92.